The molecule has 22 heavy (non-hydrogen) atoms. The van der Waals surface area contributed by atoms with Gasteiger partial charge < -0.3 is 21.1 Å². The molecule has 2 aromatic rings. The van der Waals surface area contributed by atoms with E-state index in [-0.39, 0.29) is 24.8 Å². The first-order valence-corrected chi connectivity index (χ1v) is 7.55. The number of carbonyl (C=O) groups excluding carboxylic acids is 2. The van der Waals surface area contributed by atoms with Gasteiger partial charge in [0.1, 0.15) is 5.75 Å². The van der Waals surface area contributed by atoms with Gasteiger partial charge in [-0.3, -0.25) is 9.59 Å². The number of benzene rings is 1. The highest BCUT2D eigenvalue weighted by molar-refractivity contribution is 7.12. The number of rotatable bonds is 6. The van der Waals surface area contributed by atoms with Crippen LogP contribution in [0.3, 0.4) is 0 Å². The van der Waals surface area contributed by atoms with Crippen LogP contribution in [0.25, 0.3) is 0 Å². The maximum Gasteiger partial charge on any atom is 0.265 e. The average Bonchev–Trinajstić information content (AvgIpc) is 3.03. The van der Waals surface area contributed by atoms with Gasteiger partial charge in [-0.15, -0.1) is 11.3 Å². The van der Waals surface area contributed by atoms with E-state index in [1.54, 1.807) is 30.3 Å². The van der Waals surface area contributed by atoms with Crippen molar-refractivity contribution in [2.75, 3.05) is 24.3 Å². The van der Waals surface area contributed by atoms with E-state index < -0.39 is 0 Å². The largest absolute Gasteiger partial charge is 0.497 e. The van der Waals surface area contributed by atoms with Crippen LogP contribution in [-0.4, -0.2) is 25.5 Å². The summed E-state index contributed by atoms with van der Waals surface area (Å²) in [5, 5.41) is 7.33. The lowest BCUT2D eigenvalue weighted by Gasteiger charge is -2.13. The number of hydrogen-bond acceptors (Lipinski definition) is 5. The monoisotopic (exact) mass is 319 g/mol. The van der Waals surface area contributed by atoms with Crippen LogP contribution in [-0.2, 0) is 4.79 Å². The Balaban J connectivity index is 2.21. The predicted molar refractivity (Wildman–Crippen MR) is 87.6 cm³/mol. The first-order chi connectivity index (χ1) is 10.6. The molecule has 0 saturated carbocycles. The van der Waals surface area contributed by atoms with Crippen molar-refractivity contribution in [3.05, 3.63) is 40.6 Å². The minimum Gasteiger partial charge on any atom is -0.497 e. The van der Waals surface area contributed by atoms with E-state index in [1.165, 1.54) is 18.4 Å². The van der Waals surface area contributed by atoms with E-state index in [9.17, 15) is 9.59 Å². The molecule has 0 aliphatic rings. The molecule has 0 saturated heterocycles. The van der Waals surface area contributed by atoms with Gasteiger partial charge in [-0.25, -0.2) is 0 Å². The maximum absolute atomic E-state index is 12.1. The number of nitrogens with one attached hydrogen (secondary N) is 2. The lowest BCUT2D eigenvalue weighted by molar-refractivity contribution is -0.116. The van der Waals surface area contributed by atoms with E-state index in [4.69, 9.17) is 10.5 Å². The van der Waals surface area contributed by atoms with E-state index in [0.29, 0.717) is 22.0 Å². The third kappa shape index (κ3) is 4.06. The van der Waals surface area contributed by atoms with Gasteiger partial charge in [0.15, 0.2) is 0 Å². The fourth-order valence-corrected chi connectivity index (χ4v) is 2.42. The van der Waals surface area contributed by atoms with Crippen LogP contribution in [0.5, 0.6) is 5.75 Å². The first kappa shape index (κ1) is 16.0. The summed E-state index contributed by atoms with van der Waals surface area (Å²) in [5.41, 5.74) is 6.35. The molecule has 7 heteroatoms. The van der Waals surface area contributed by atoms with Crippen molar-refractivity contribution in [1.29, 1.82) is 0 Å². The highest BCUT2D eigenvalue weighted by atomic mass is 32.1. The van der Waals surface area contributed by atoms with Gasteiger partial charge in [0.25, 0.3) is 5.91 Å². The van der Waals surface area contributed by atoms with E-state index in [1.807, 2.05) is 5.38 Å². The summed E-state index contributed by atoms with van der Waals surface area (Å²) < 4.78 is 5.14. The highest BCUT2D eigenvalue weighted by Gasteiger charge is 2.12. The lowest BCUT2D eigenvalue weighted by Crippen LogP contribution is -2.18. The zero-order valence-corrected chi connectivity index (χ0v) is 12.9. The van der Waals surface area contributed by atoms with Crippen molar-refractivity contribution in [2.24, 2.45) is 5.73 Å². The predicted octanol–water partition coefficient (Wildman–Crippen LogP) is 2.30. The Hall–Kier alpha value is -2.38. The maximum atomic E-state index is 12.1. The second-order valence-electron chi connectivity index (χ2n) is 4.43. The normalized spacial score (nSPS) is 10.1. The number of nitrogens with two attached hydrogens (primary N) is 1. The van der Waals surface area contributed by atoms with Gasteiger partial charge in [0, 0.05) is 19.0 Å². The summed E-state index contributed by atoms with van der Waals surface area (Å²) >= 11 is 1.35. The minimum atomic E-state index is -0.227. The summed E-state index contributed by atoms with van der Waals surface area (Å²) in [5.74, 6) is 0.133. The molecule has 2 amide bonds. The van der Waals surface area contributed by atoms with Crippen LogP contribution < -0.4 is 21.1 Å². The fraction of sp³-hybridized carbons (Fsp3) is 0.200. The third-order valence-electron chi connectivity index (χ3n) is 2.87. The van der Waals surface area contributed by atoms with Gasteiger partial charge in [0.05, 0.1) is 23.4 Å². The Morgan fingerprint density at radius 2 is 2.05 bits per heavy atom. The molecular formula is C15H17N3O3S. The third-order valence-corrected chi connectivity index (χ3v) is 3.73. The smallest absolute Gasteiger partial charge is 0.265 e. The summed E-state index contributed by atoms with van der Waals surface area (Å²) in [7, 11) is 1.53. The van der Waals surface area contributed by atoms with Crippen molar-refractivity contribution in [3.8, 4) is 5.75 Å². The van der Waals surface area contributed by atoms with Crippen molar-refractivity contribution >= 4 is 34.5 Å². The summed E-state index contributed by atoms with van der Waals surface area (Å²) in [6, 6.07) is 8.58. The number of thiophene rings is 1. The Bertz CT molecular complexity index is 656. The molecule has 4 N–H and O–H groups in total. The second-order valence-corrected chi connectivity index (χ2v) is 5.38. The van der Waals surface area contributed by atoms with Gasteiger partial charge >= 0.3 is 0 Å². The van der Waals surface area contributed by atoms with Crippen molar-refractivity contribution in [2.45, 2.75) is 6.42 Å². The molecular weight excluding hydrogens is 302 g/mol. The molecule has 1 aromatic carbocycles. The molecule has 0 aliphatic carbocycles. The molecule has 0 unspecified atom stereocenters. The molecule has 1 heterocycles. The van der Waals surface area contributed by atoms with Crippen LogP contribution in [0.2, 0.25) is 0 Å². The quantitative estimate of drug-likeness (QED) is 0.761. The van der Waals surface area contributed by atoms with Crippen LogP contribution in [0.4, 0.5) is 11.4 Å². The minimum absolute atomic E-state index is 0.204. The zero-order valence-electron chi connectivity index (χ0n) is 12.1. The number of carbonyl (C=O) groups is 2. The Kier molecular flexibility index (Phi) is 5.51. The van der Waals surface area contributed by atoms with Gasteiger partial charge in [-0.1, -0.05) is 6.07 Å². The van der Waals surface area contributed by atoms with Gasteiger partial charge in [0.2, 0.25) is 5.91 Å². The fourth-order valence-electron chi connectivity index (χ4n) is 1.80. The van der Waals surface area contributed by atoms with E-state index >= 15 is 0 Å². The van der Waals surface area contributed by atoms with Crippen LogP contribution in [0.1, 0.15) is 16.1 Å². The highest BCUT2D eigenvalue weighted by Crippen LogP contribution is 2.28. The number of methoxy groups -OCH3 is 1. The Morgan fingerprint density at radius 3 is 2.68 bits per heavy atom. The van der Waals surface area contributed by atoms with Crippen molar-refractivity contribution in [1.82, 2.24) is 0 Å². The first-order valence-electron chi connectivity index (χ1n) is 6.67. The Labute approximate surface area is 132 Å². The molecule has 0 atom stereocenters. The number of anilines is 2. The zero-order chi connectivity index (χ0) is 15.9. The van der Waals surface area contributed by atoms with Crippen LogP contribution in [0, 0.1) is 0 Å². The molecule has 0 radical (unpaired) electrons. The molecule has 0 bridgehead atoms. The topological polar surface area (TPSA) is 93.5 Å². The standard InChI is InChI=1S/C15H17N3O3S/c1-21-10-4-5-11(12(9-10)17-14(19)6-7-16)18-15(20)13-3-2-8-22-13/h2-5,8-9H,6-7,16H2,1H3,(H,17,19)(H,18,20). The van der Waals surface area contributed by atoms with Crippen molar-refractivity contribution < 1.29 is 14.3 Å². The van der Waals surface area contributed by atoms with Gasteiger partial charge in [-0.2, -0.15) is 0 Å². The van der Waals surface area contributed by atoms with Crippen LogP contribution >= 0.6 is 11.3 Å². The Morgan fingerprint density at radius 1 is 1.23 bits per heavy atom. The lowest BCUT2D eigenvalue weighted by atomic mass is 10.2. The summed E-state index contributed by atoms with van der Waals surface area (Å²) in [6.45, 7) is 0.257. The molecule has 2 rings (SSSR count). The molecule has 0 spiro atoms. The second kappa shape index (κ2) is 7.58. The van der Waals surface area contributed by atoms with E-state index in [0.717, 1.165) is 0 Å². The SMILES string of the molecule is COc1ccc(NC(=O)c2cccs2)c(NC(=O)CCN)c1. The van der Waals surface area contributed by atoms with Crippen LogP contribution in [0.15, 0.2) is 35.7 Å². The molecule has 116 valence electrons. The molecule has 1 aromatic heterocycles. The number of hydrogen-bond donors (Lipinski definition) is 3. The molecule has 0 fully saturated rings. The molecule has 6 nitrogen and oxygen atoms in total. The number of amides is 2. The summed E-state index contributed by atoms with van der Waals surface area (Å²) in [6.07, 6.45) is 0.204. The number of ether oxygens (including phenoxy) is 1. The molecule has 0 aliphatic heterocycles. The van der Waals surface area contributed by atoms with Crippen molar-refractivity contribution in [3.63, 3.8) is 0 Å². The van der Waals surface area contributed by atoms with Gasteiger partial charge in [-0.05, 0) is 23.6 Å². The average molecular weight is 319 g/mol. The van der Waals surface area contributed by atoms with E-state index in [2.05, 4.69) is 10.6 Å². The summed E-state index contributed by atoms with van der Waals surface area (Å²) in [4.78, 5) is 24.5.